The van der Waals surface area contributed by atoms with Gasteiger partial charge in [0.25, 0.3) is 5.91 Å². The highest BCUT2D eigenvalue weighted by molar-refractivity contribution is 6.04. The second kappa shape index (κ2) is 9.82. The predicted octanol–water partition coefficient (Wildman–Crippen LogP) is 2.68. The summed E-state index contributed by atoms with van der Waals surface area (Å²) in [6.45, 7) is 3.71. The lowest BCUT2D eigenvalue weighted by molar-refractivity contribution is -0.192. The van der Waals surface area contributed by atoms with Gasteiger partial charge in [-0.3, -0.25) is 4.79 Å². The molecule has 1 aromatic carbocycles. The first-order valence-corrected chi connectivity index (χ1v) is 11.0. The number of anilines is 2. The smallest absolute Gasteiger partial charge is 0.475 e. The van der Waals surface area contributed by atoms with Crippen molar-refractivity contribution in [2.45, 2.75) is 19.0 Å². The van der Waals surface area contributed by atoms with Crippen LogP contribution in [0, 0.1) is 16.7 Å². The SMILES string of the molecule is N#Cc1ccccc1NC(=O)c1ccc2cnc(N3CCNCC4(CC4)C3)nn12.O=C(O)C(F)(F)F. The van der Waals surface area contributed by atoms with Gasteiger partial charge in [0.15, 0.2) is 0 Å². The van der Waals surface area contributed by atoms with Crippen LogP contribution in [0.4, 0.5) is 24.8 Å². The van der Waals surface area contributed by atoms with Crippen molar-refractivity contribution in [3.8, 4) is 6.07 Å². The van der Waals surface area contributed by atoms with Gasteiger partial charge in [0.05, 0.1) is 23.0 Å². The molecule has 36 heavy (non-hydrogen) atoms. The van der Waals surface area contributed by atoms with Crippen LogP contribution in [0.15, 0.2) is 42.6 Å². The summed E-state index contributed by atoms with van der Waals surface area (Å²) in [4.78, 5) is 28.5. The zero-order valence-electron chi connectivity index (χ0n) is 18.9. The number of hydrogen-bond acceptors (Lipinski definition) is 7. The minimum atomic E-state index is -5.08. The zero-order valence-corrected chi connectivity index (χ0v) is 18.9. The highest BCUT2D eigenvalue weighted by Gasteiger charge is 2.45. The van der Waals surface area contributed by atoms with E-state index in [1.807, 2.05) is 6.07 Å². The Kier molecular flexibility index (Phi) is 6.80. The number of para-hydroxylation sites is 1. The van der Waals surface area contributed by atoms with Crippen LogP contribution in [0.1, 0.15) is 28.9 Å². The molecule has 1 saturated heterocycles. The lowest BCUT2D eigenvalue weighted by Gasteiger charge is -2.23. The number of aromatic nitrogens is 3. The Balaban J connectivity index is 0.000000384. The Bertz CT molecular complexity index is 1330. The molecule has 0 bridgehead atoms. The first-order valence-electron chi connectivity index (χ1n) is 11.0. The van der Waals surface area contributed by atoms with E-state index < -0.39 is 12.1 Å². The van der Waals surface area contributed by atoms with Gasteiger partial charge in [0.1, 0.15) is 11.8 Å². The maximum atomic E-state index is 12.9. The van der Waals surface area contributed by atoms with Crippen molar-refractivity contribution >= 4 is 29.0 Å². The fourth-order valence-electron chi connectivity index (χ4n) is 3.88. The first-order chi connectivity index (χ1) is 17.1. The van der Waals surface area contributed by atoms with E-state index in [4.69, 9.17) is 9.90 Å². The molecular formula is C23H22F3N7O3. The number of alkyl halides is 3. The van der Waals surface area contributed by atoms with Gasteiger partial charge in [-0.1, -0.05) is 12.1 Å². The number of benzene rings is 1. The number of carboxylic acid groups (broad SMARTS) is 1. The number of hydrogen-bond donors (Lipinski definition) is 3. The van der Waals surface area contributed by atoms with Crippen LogP contribution in [0.2, 0.25) is 0 Å². The molecule has 3 N–H and O–H groups in total. The number of carbonyl (C=O) groups excluding carboxylic acids is 1. The monoisotopic (exact) mass is 501 g/mol. The van der Waals surface area contributed by atoms with Gasteiger partial charge in [0, 0.05) is 31.6 Å². The molecule has 188 valence electrons. The highest BCUT2D eigenvalue weighted by atomic mass is 19.4. The summed E-state index contributed by atoms with van der Waals surface area (Å²) >= 11 is 0. The molecule has 13 heteroatoms. The lowest BCUT2D eigenvalue weighted by Crippen LogP contribution is -2.32. The number of carboxylic acids is 1. The lowest BCUT2D eigenvalue weighted by atomic mass is 10.1. The molecular weight excluding hydrogens is 479 g/mol. The maximum Gasteiger partial charge on any atom is 0.490 e. The Hall–Kier alpha value is -4.18. The molecule has 1 amide bonds. The third-order valence-electron chi connectivity index (χ3n) is 5.98. The average Bonchev–Trinajstić information content (AvgIpc) is 3.54. The molecule has 2 aliphatic rings. The van der Waals surface area contributed by atoms with E-state index in [1.165, 1.54) is 12.8 Å². The molecule has 10 nitrogen and oxygen atoms in total. The normalized spacial score (nSPS) is 16.4. The highest BCUT2D eigenvalue weighted by Crippen LogP contribution is 2.46. The number of rotatable bonds is 3. The van der Waals surface area contributed by atoms with Crippen molar-refractivity contribution in [1.82, 2.24) is 19.9 Å². The summed E-state index contributed by atoms with van der Waals surface area (Å²) in [5.41, 5.74) is 2.40. The van der Waals surface area contributed by atoms with E-state index in [9.17, 15) is 23.2 Å². The molecule has 0 radical (unpaired) electrons. The molecule has 1 spiro atoms. The average molecular weight is 501 g/mol. The van der Waals surface area contributed by atoms with Crippen molar-refractivity contribution in [2.75, 3.05) is 36.4 Å². The number of nitriles is 1. The van der Waals surface area contributed by atoms with E-state index in [1.54, 1.807) is 41.0 Å². The van der Waals surface area contributed by atoms with Crippen LogP contribution >= 0.6 is 0 Å². The van der Waals surface area contributed by atoms with Gasteiger partial charge in [-0.05, 0) is 37.1 Å². The van der Waals surface area contributed by atoms with Gasteiger partial charge in [-0.25, -0.2) is 14.3 Å². The van der Waals surface area contributed by atoms with Crippen LogP contribution in [0.3, 0.4) is 0 Å². The summed E-state index contributed by atoms with van der Waals surface area (Å²) < 4.78 is 33.4. The van der Waals surface area contributed by atoms with Crippen LogP contribution in [-0.2, 0) is 4.79 Å². The van der Waals surface area contributed by atoms with Gasteiger partial charge in [-0.15, -0.1) is 5.10 Å². The van der Waals surface area contributed by atoms with Crippen LogP contribution in [0.5, 0.6) is 0 Å². The van der Waals surface area contributed by atoms with Gasteiger partial charge < -0.3 is 20.6 Å². The molecule has 1 saturated carbocycles. The van der Waals surface area contributed by atoms with Crippen molar-refractivity contribution < 1.29 is 27.9 Å². The fraction of sp³-hybridized carbons (Fsp3) is 0.348. The molecule has 2 aromatic heterocycles. The van der Waals surface area contributed by atoms with E-state index in [0.29, 0.717) is 28.3 Å². The number of amides is 1. The molecule has 3 aromatic rings. The van der Waals surface area contributed by atoms with Crippen molar-refractivity contribution in [2.24, 2.45) is 5.41 Å². The van der Waals surface area contributed by atoms with Crippen molar-refractivity contribution in [1.29, 1.82) is 5.26 Å². The Morgan fingerprint density at radius 1 is 1.19 bits per heavy atom. The zero-order chi connectivity index (χ0) is 25.9. The second-order valence-corrected chi connectivity index (χ2v) is 8.63. The van der Waals surface area contributed by atoms with Crippen LogP contribution < -0.4 is 15.5 Å². The standard InChI is InChI=1S/C21H21N7O.C2HF3O2/c22-11-15-3-1-2-4-17(15)25-19(29)18-6-5-16-12-24-20(26-28(16)18)27-10-9-23-13-21(14-27)7-8-21;3-2(4,5)1(6)7/h1-6,12,23H,7-10,13-14H2,(H,25,29);(H,6,7). The minimum Gasteiger partial charge on any atom is -0.475 e. The summed E-state index contributed by atoms with van der Waals surface area (Å²) in [5.74, 6) is -2.43. The van der Waals surface area contributed by atoms with Gasteiger partial charge in [-0.2, -0.15) is 18.4 Å². The molecule has 0 atom stereocenters. The molecule has 5 rings (SSSR count). The van der Waals surface area contributed by atoms with E-state index in [-0.39, 0.29) is 5.91 Å². The second-order valence-electron chi connectivity index (χ2n) is 8.63. The number of fused-ring (bicyclic) bond motifs is 1. The molecule has 0 unspecified atom stereocenters. The van der Waals surface area contributed by atoms with Crippen molar-refractivity contribution in [3.63, 3.8) is 0 Å². The third-order valence-corrected chi connectivity index (χ3v) is 5.98. The quantitative estimate of drug-likeness (QED) is 0.499. The Labute approximate surface area is 203 Å². The first kappa shape index (κ1) is 24.9. The van der Waals surface area contributed by atoms with E-state index in [0.717, 1.165) is 31.7 Å². The Morgan fingerprint density at radius 3 is 2.58 bits per heavy atom. The topological polar surface area (TPSA) is 136 Å². The number of aliphatic carboxylic acids is 1. The largest absolute Gasteiger partial charge is 0.490 e. The van der Waals surface area contributed by atoms with Crippen LogP contribution in [0.25, 0.3) is 5.52 Å². The van der Waals surface area contributed by atoms with E-state index in [2.05, 4.69) is 31.7 Å². The molecule has 1 aliphatic heterocycles. The molecule has 1 aliphatic carbocycles. The molecule has 3 heterocycles. The molecule has 2 fully saturated rings. The van der Waals surface area contributed by atoms with Crippen molar-refractivity contribution in [3.05, 3.63) is 53.9 Å². The number of carbonyl (C=O) groups is 2. The van der Waals surface area contributed by atoms with Crippen LogP contribution in [-0.4, -0.2) is 63.9 Å². The summed E-state index contributed by atoms with van der Waals surface area (Å²) in [6, 6.07) is 12.6. The summed E-state index contributed by atoms with van der Waals surface area (Å²) in [5, 5.41) is 27.4. The minimum absolute atomic E-state index is 0.312. The number of halogens is 3. The fourth-order valence-corrected chi connectivity index (χ4v) is 3.88. The summed E-state index contributed by atoms with van der Waals surface area (Å²) in [7, 11) is 0. The Morgan fingerprint density at radius 2 is 1.92 bits per heavy atom. The third kappa shape index (κ3) is 5.55. The van der Waals surface area contributed by atoms with Gasteiger partial charge >= 0.3 is 12.1 Å². The number of nitrogens with zero attached hydrogens (tertiary/aromatic N) is 5. The predicted molar refractivity (Wildman–Crippen MR) is 123 cm³/mol. The van der Waals surface area contributed by atoms with E-state index >= 15 is 0 Å². The number of nitrogens with one attached hydrogen (secondary N) is 2. The summed E-state index contributed by atoms with van der Waals surface area (Å²) in [6.07, 6.45) is -0.872. The van der Waals surface area contributed by atoms with Gasteiger partial charge in [0.2, 0.25) is 5.95 Å². The maximum absolute atomic E-state index is 12.9.